The number of anilines is 1. The van der Waals surface area contributed by atoms with Gasteiger partial charge in [0.05, 0.1) is 0 Å². The molecule has 0 unspecified atom stereocenters. The minimum absolute atomic E-state index is 0.0395. The number of unbranched alkanes of at least 4 members (excludes halogenated alkanes) is 1. The maximum absolute atomic E-state index is 11.7. The highest BCUT2D eigenvalue weighted by Gasteiger charge is 2.05. The summed E-state index contributed by atoms with van der Waals surface area (Å²) in [6, 6.07) is 6.77. The molecule has 0 saturated heterocycles. The number of nitrogens with two attached hydrogens (primary N) is 1. The Bertz CT molecular complexity index is 455. The Labute approximate surface area is 119 Å². The molecular weight excluding hydrogens is 254 g/mol. The van der Waals surface area contributed by atoms with Crippen molar-refractivity contribution in [3.63, 3.8) is 0 Å². The summed E-state index contributed by atoms with van der Waals surface area (Å²) < 4.78 is 0. The van der Waals surface area contributed by atoms with Crippen molar-refractivity contribution in [2.24, 2.45) is 5.73 Å². The minimum Gasteiger partial charge on any atom is -0.349 e. The molecule has 5 heteroatoms. The Kier molecular flexibility index (Phi) is 7.06. The van der Waals surface area contributed by atoms with E-state index in [1.165, 1.54) is 0 Å². The van der Waals surface area contributed by atoms with E-state index in [-0.39, 0.29) is 11.8 Å². The number of nitrogens with one attached hydrogen (secondary N) is 2. The molecule has 0 aliphatic rings. The zero-order chi connectivity index (χ0) is 14.8. The van der Waals surface area contributed by atoms with Crippen LogP contribution >= 0.6 is 0 Å². The van der Waals surface area contributed by atoms with Gasteiger partial charge >= 0.3 is 0 Å². The third-order valence-electron chi connectivity index (χ3n) is 2.70. The maximum Gasteiger partial charge on any atom is 0.251 e. The highest BCUT2D eigenvalue weighted by Crippen LogP contribution is 2.10. The molecule has 0 aliphatic heterocycles. The average molecular weight is 275 g/mol. The summed E-state index contributed by atoms with van der Waals surface area (Å²) in [7, 11) is 0. The number of rotatable bonds is 8. The summed E-state index contributed by atoms with van der Waals surface area (Å²) in [5.74, 6) is -0.201. The lowest BCUT2D eigenvalue weighted by Gasteiger charge is -2.06. The van der Waals surface area contributed by atoms with Crippen molar-refractivity contribution < 1.29 is 9.59 Å². The summed E-state index contributed by atoms with van der Waals surface area (Å²) in [6.45, 7) is 4.56. The molecule has 0 fully saturated rings. The molecule has 20 heavy (non-hydrogen) atoms. The lowest BCUT2D eigenvalue weighted by Crippen LogP contribution is -2.23. The fraction of sp³-hybridized carbons (Fsp3) is 0.333. The third kappa shape index (κ3) is 5.67. The molecule has 0 atom stereocenters. The predicted octanol–water partition coefficient (Wildman–Crippen LogP) is 1.67. The van der Waals surface area contributed by atoms with Gasteiger partial charge in [0.15, 0.2) is 0 Å². The molecule has 1 aromatic carbocycles. The van der Waals surface area contributed by atoms with E-state index in [9.17, 15) is 9.59 Å². The standard InChI is InChI=1S/C15H21N3O2/c1-2-11-17-15(20)12-6-8-13(9-7-12)18-14(19)5-3-4-10-16/h2,6-9H,1,3-5,10-11,16H2,(H,17,20)(H,18,19). The Morgan fingerprint density at radius 1 is 1.20 bits per heavy atom. The largest absolute Gasteiger partial charge is 0.349 e. The minimum atomic E-state index is -0.161. The van der Waals surface area contributed by atoms with Crippen LogP contribution in [0.1, 0.15) is 29.6 Å². The normalized spacial score (nSPS) is 9.85. The van der Waals surface area contributed by atoms with Crippen LogP contribution in [0.4, 0.5) is 5.69 Å². The Morgan fingerprint density at radius 2 is 1.90 bits per heavy atom. The van der Waals surface area contributed by atoms with Gasteiger partial charge in [-0.25, -0.2) is 0 Å². The van der Waals surface area contributed by atoms with Crippen molar-refractivity contribution in [2.45, 2.75) is 19.3 Å². The molecule has 0 aliphatic carbocycles. The monoisotopic (exact) mass is 275 g/mol. The number of benzene rings is 1. The van der Waals surface area contributed by atoms with E-state index in [2.05, 4.69) is 17.2 Å². The average Bonchev–Trinajstić information content (AvgIpc) is 2.46. The van der Waals surface area contributed by atoms with Crippen LogP contribution in [0.5, 0.6) is 0 Å². The molecule has 0 saturated carbocycles. The van der Waals surface area contributed by atoms with E-state index in [0.29, 0.717) is 30.8 Å². The summed E-state index contributed by atoms with van der Waals surface area (Å²) in [4.78, 5) is 23.3. The lowest BCUT2D eigenvalue weighted by atomic mass is 10.2. The van der Waals surface area contributed by atoms with Crippen LogP contribution < -0.4 is 16.4 Å². The number of carbonyl (C=O) groups excluding carboxylic acids is 2. The Morgan fingerprint density at radius 3 is 2.50 bits per heavy atom. The van der Waals surface area contributed by atoms with Gasteiger partial charge in [0, 0.05) is 24.2 Å². The SMILES string of the molecule is C=CCNC(=O)c1ccc(NC(=O)CCCCN)cc1. The molecule has 0 radical (unpaired) electrons. The van der Waals surface area contributed by atoms with Crippen LogP contribution in [0.2, 0.25) is 0 Å². The van der Waals surface area contributed by atoms with Gasteiger partial charge in [-0.15, -0.1) is 6.58 Å². The van der Waals surface area contributed by atoms with Crippen LogP contribution in [0, 0.1) is 0 Å². The van der Waals surface area contributed by atoms with E-state index < -0.39 is 0 Å². The number of amides is 2. The Hall–Kier alpha value is -2.14. The van der Waals surface area contributed by atoms with E-state index in [1.54, 1.807) is 30.3 Å². The first kappa shape index (κ1) is 15.9. The van der Waals surface area contributed by atoms with Gasteiger partial charge in [-0.1, -0.05) is 6.08 Å². The van der Waals surface area contributed by atoms with Gasteiger partial charge in [0.2, 0.25) is 5.91 Å². The van der Waals surface area contributed by atoms with Crippen molar-refractivity contribution in [1.29, 1.82) is 0 Å². The highest BCUT2D eigenvalue weighted by atomic mass is 16.2. The molecule has 1 rings (SSSR count). The van der Waals surface area contributed by atoms with Gasteiger partial charge in [-0.05, 0) is 43.7 Å². The molecule has 1 aromatic rings. The number of carbonyl (C=O) groups is 2. The van der Waals surface area contributed by atoms with Gasteiger partial charge in [0.25, 0.3) is 5.91 Å². The second-order valence-corrected chi connectivity index (χ2v) is 4.37. The predicted molar refractivity (Wildman–Crippen MR) is 80.5 cm³/mol. The first-order chi connectivity index (χ1) is 9.67. The fourth-order valence-electron chi connectivity index (χ4n) is 1.63. The summed E-state index contributed by atoms with van der Waals surface area (Å²) >= 11 is 0. The van der Waals surface area contributed by atoms with Crippen molar-refractivity contribution in [3.05, 3.63) is 42.5 Å². The fourth-order valence-corrected chi connectivity index (χ4v) is 1.63. The molecule has 0 aromatic heterocycles. The smallest absolute Gasteiger partial charge is 0.251 e. The lowest BCUT2D eigenvalue weighted by molar-refractivity contribution is -0.116. The quantitative estimate of drug-likeness (QED) is 0.498. The first-order valence-electron chi connectivity index (χ1n) is 6.66. The van der Waals surface area contributed by atoms with Gasteiger partial charge in [-0.3, -0.25) is 9.59 Å². The van der Waals surface area contributed by atoms with Crippen LogP contribution in [0.15, 0.2) is 36.9 Å². The van der Waals surface area contributed by atoms with Crippen LogP contribution in [-0.2, 0) is 4.79 Å². The maximum atomic E-state index is 11.7. The van der Waals surface area contributed by atoms with Crippen molar-refractivity contribution >= 4 is 17.5 Å². The Balaban J connectivity index is 2.47. The molecule has 0 heterocycles. The zero-order valence-corrected chi connectivity index (χ0v) is 11.5. The molecule has 5 nitrogen and oxygen atoms in total. The molecule has 0 bridgehead atoms. The third-order valence-corrected chi connectivity index (χ3v) is 2.70. The van der Waals surface area contributed by atoms with E-state index >= 15 is 0 Å². The second-order valence-electron chi connectivity index (χ2n) is 4.37. The molecule has 108 valence electrons. The van der Waals surface area contributed by atoms with E-state index in [4.69, 9.17) is 5.73 Å². The van der Waals surface area contributed by atoms with Gasteiger partial charge in [-0.2, -0.15) is 0 Å². The summed E-state index contributed by atoms with van der Waals surface area (Å²) in [5, 5.41) is 5.47. The zero-order valence-electron chi connectivity index (χ0n) is 11.5. The van der Waals surface area contributed by atoms with Crippen molar-refractivity contribution in [1.82, 2.24) is 5.32 Å². The summed E-state index contributed by atoms with van der Waals surface area (Å²) in [5.41, 5.74) is 6.60. The van der Waals surface area contributed by atoms with Crippen molar-refractivity contribution in [3.8, 4) is 0 Å². The number of hydrogen-bond acceptors (Lipinski definition) is 3. The molecule has 4 N–H and O–H groups in total. The van der Waals surface area contributed by atoms with Crippen LogP contribution in [0.3, 0.4) is 0 Å². The topological polar surface area (TPSA) is 84.2 Å². The van der Waals surface area contributed by atoms with Gasteiger partial charge in [0.1, 0.15) is 0 Å². The van der Waals surface area contributed by atoms with Crippen LogP contribution in [-0.4, -0.2) is 24.9 Å². The van der Waals surface area contributed by atoms with Crippen molar-refractivity contribution in [2.75, 3.05) is 18.4 Å². The molecule has 0 spiro atoms. The molecular formula is C15H21N3O2. The van der Waals surface area contributed by atoms with Crippen LogP contribution in [0.25, 0.3) is 0 Å². The first-order valence-corrected chi connectivity index (χ1v) is 6.66. The van der Waals surface area contributed by atoms with E-state index in [1.807, 2.05) is 0 Å². The molecule has 2 amide bonds. The van der Waals surface area contributed by atoms with Gasteiger partial charge < -0.3 is 16.4 Å². The highest BCUT2D eigenvalue weighted by molar-refractivity contribution is 5.95. The van der Waals surface area contributed by atoms with E-state index in [0.717, 1.165) is 12.8 Å². The summed E-state index contributed by atoms with van der Waals surface area (Å²) in [6.07, 6.45) is 3.70. The second kappa shape index (κ2) is 8.87. The number of hydrogen-bond donors (Lipinski definition) is 3.